The van der Waals surface area contributed by atoms with Gasteiger partial charge in [0.15, 0.2) is 4.34 Å². The van der Waals surface area contributed by atoms with Gasteiger partial charge in [-0.3, -0.25) is 0 Å². The molecule has 0 bridgehead atoms. The Morgan fingerprint density at radius 2 is 2.09 bits per heavy atom. The van der Waals surface area contributed by atoms with Crippen molar-refractivity contribution in [2.75, 3.05) is 11.9 Å². The summed E-state index contributed by atoms with van der Waals surface area (Å²) in [5.74, 6) is 1.74. The number of nitrogens with zero attached hydrogens (tertiary/aromatic N) is 4. The SMILES string of the molecule is CC(C)CNc1nnc(SC(C)c2nnc(-c3cccs3)o2)s1. The lowest BCUT2D eigenvalue weighted by atomic mass is 10.2. The molecule has 0 aliphatic heterocycles. The number of aromatic nitrogens is 4. The highest BCUT2D eigenvalue weighted by atomic mass is 32.2. The first kappa shape index (κ1) is 16.4. The summed E-state index contributed by atoms with van der Waals surface area (Å²) in [4.78, 5) is 0.983. The minimum Gasteiger partial charge on any atom is -0.419 e. The Hall–Kier alpha value is -1.45. The van der Waals surface area contributed by atoms with Gasteiger partial charge in [0, 0.05) is 6.54 Å². The van der Waals surface area contributed by atoms with Crippen LogP contribution in [-0.2, 0) is 0 Å². The summed E-state index contributed by atoms with van der Waals surface area (Å²) in [5.41, 5.74) is 0. The van der Waals surface area contributed by atoms with Gasteiger partial charge in [0.05, 0.1) is 10.1 Å². The van der Waals surface area contributed by atoms with E-state index < -0.39 is 0 Å². The quantitative estimate of drug-likeness (QED) is 0.613. The summed E-state index contributed by atoms with van der Waals surface area (Å²) in [6.07, 6.45) is 0. The third-order valence-corrected chi connectivity index (χ3v) is 5.78. The molecule has 1 atom stereocenters. The van der Waals surface area contributed by atoms with Crippen molar-refractivity contribution < 1.29 is 4.42 Å². The molecule has 1 N–H and O–H groups in total. The molecule has 0 spiro atoms. The lowest BCUT2D eigenvalue weighted by molar-refractivity contribution is 0.510. The second-order valence-electron chi connectivity index (χ2n) is 5.33. The van der Waals surface area contributed by atoms with Crippen LogP contribution < -0.4 is 5.32 Å². The van der Waals surface area contributed by atoms with Gasteiger partial charge in [-0.15, -0.1) is 31.7 Å². The molecule has 0 saturated heterocycles. The van der Waals surface area contributed by atoms with Crippen molar-refractivity contribution in [2.24, 2.45) is 5.92 Å². The molecule has 1 unspecified atom stereocenters. The fourth-order valence-corrected chi connectivity index (χ4v) is 4.30. The van der Waals surface area contributed by atoms with Gasteiger partial charge in [-0.25, -0.2) is 0 Å². The van der Waals surface area contributed by atoms with E-state index >= 15 is 0 Å². The predicted octanol–water partition coefficient (Wildman–Crippen LogP) is 4.57. The average Bonchev–Trinajstić information content (AvgIpc) is 3.25. The number of hydrogen-bond acceptors (Lipinski definition) is 9. The fourth-order valence-electron chi connectivity index (χ4n) is 1.72. The van der Waals surface area contributed by atoms with E-state index in [0.717, 1.165) is 20.9 Å². The molecule has 6 nitrogen and oxygen atoms in total. The Bertz CT molecular complexity index is 737. The largest absolute Gasteiger partial charge is 0.419 e. The molecule has 0 aliphatic carbocycles. The molecule has 0 radical (unpaired) electrons. The van der Waals surface area contributed by atoms with E-state index in [0.29, 0.717) is 17.7 Å². The zero-order valence-electron chi connectivity index (χ0n) is 13.0. The lowest BCUT2D eigenvalue weighted by Gasteiger charge is -2.04. The van der Waals surface area contributed by atoms with Gasteiger partial charge >= 0.3 is 0 Å². The van der Waals surface area contributed by atoms with E-state index in [1.807, 2.05) is 24.4 Å². The van der Waals surface area contributed by atoms with E-state index in [9.17, 15) is 0 Å². The Kier molecular flexibility index (Phi) is 5.29. The van der Waals surface area contributed by atoms with Crippen LogP contribution in [0.15, 0.2) is 26.3 Å². The molecule has 0 amide bonds. The fraction of sp³-hybridized carbons (Fsp3) is 0.429. The second-order valence-corrected chi connectivity index (χ2v) is 8.84. The number of anilines is 1. The van der Waals surface area contributed by atoms with Crippen molar-refractivity contribution in [3.05, 3.63) is 23.4 Å². The monoisotopic (exact) mass is 367 g/mol. The van der Waals surface area contributed by atoms with E-state index in [1.54, 1.807) is 34.4 Å². The van der Waals surface area contributed by atoms with Crippen LogP contribution in [0, 0.1) is 5.92 Å². The van der Waals surface area contributed by atoms with Crippen LogP contribution in [0.3, 0.4) is 0 Å². The van der Waals surface area contributed by atoms with Gasteiger partial charge in [0.1, 0.15) is 0 Å². The van der Waals surface area contributed by atoms with Crippen molar-refractivity contribution in [1.29, 1.82) is 0 Å². The Labute approximate surface area is 146 Å². The first-order valence-electron chi connectivity index (χ1n) is 7.23. The zero-order chi connectivity index (χ0) is 16.2. The molecule has 0 aromatic carbocycles. The second kappa shape index (κ2) is 7.41. The Morgan fingerprint density at radius 1 is 1.22 bits per heavy atom. The summed E-state index contributed by atoms with van der Waals surface area (Å²) in [6.45, 7) is 7.24. The first-order chi connectivity index (χ1) is 11.1. The molecule has 9 heteroatoms. The molecular formula is C14H17N5OS3. The summed E-state index contributed by atoms with van der Waals surface area (Å²) in [7, 11) is 0. The normalized spacial score (nSPS) is 12.7. The summed E-state index contributed by atoms with van der Waals surface area (Å²) in [5, 5.41) is 22.8. The molecule has 3 rings (SSSR count). The maximum Gasteiger partial charge on any atom is 0.257 e. The Balaban J connectivity index is 1.62. The average molecular weight is 368 g/mol. The molecule has 3 aromatic rings. The van der Waals surface area contributed by atoms with E-state index in [-0.39, 0.29) is 5.25 Å². The van der Waals surface area contributed by atoms with Crippen LogP contribution in [0.5, 0.6) is 0 Å². The highest BCUT2D eigenvalue weighted by Crippen LogP contribution is 2.37. The van der Waals surface area contributed by atoms with Crippen LogP contribution in [0.4, 0.5) is 5.13 Å². The third-order valence-electron chi connectivity index (χ3n) is 2.87. The van der Waals surface area contributed by atoms with Gasteiger partial charge < -0.3 is 9.73 Å². The molecule has 0 saturated carbocycles. The van der Waals surface area contributed by atoms with Crippen molar-refractivity contribution >= 4 is 39.6 Å². The van der Waals surface area contributed by atoms with E-state index in [4.69, 9.17) is 4.42 Å². The van der Waals surface area contributed by atoms with Crippen molar-refractivity contribution in [3.63, 3.8) is 0 Å². The molecule has 23 heavy (non-hydrogen) atoms. The number of thiophene rings is 1. The highest BCUT2D eigenvalue weighted by molar-refractivity contribution is 8.01. The maximum atomic E-state index is 5.76. The zero-order valence-corrected chi connectivity index (χ0v) is 15.5. The van der Waals surface area contributed by atoms with Gasteiger partial charge in [-0.05, 0) is 24.3 Å². The molecule has 3 aromatic heterocycles. The van der Waals surface area contributed by atoms with Crippen LogP contribution in [-0.4, -0.2) is 26.9 Å². The topological polar surface area (TPSA) is 76.7 Å². The minimum absolute atomic E-state index is 0.0297. The number of thioether (sulfide) groups is 1. The summed E-state index contributed by atoms with van der Waals surface area (Å²) < 4.78 is 6.64. The maximum absolute atomic E-state index is 5.76. The van der Waals surface area contributed by atoms with Crippen molar-refractivity contribution in [3.8, 4) is 10.8 Å². The summed E-state index contributed by atoms with van der Waals surface area (Å²) >= 11 is 4.70. The number of nitrogens with one attached hydrogen (secondary N) is 1. The summed E-state index contributed by atoms with van der Waals surface area (Å²) in [6, 6.07) is 3.94. The first-order valence-corrected chi connectivity index (χ1v) is 9.80. The predicted molar refractivity (Wildman–Crippen MR) is 95.1 cm³/mol. The van der Waals surface area contributed by atoms with Crippen LogP contribution >= 0.6 is 34.4 Å². The highest BCUT2D eigenvalue weighted by Gasteiger charge is 2.18. The third kappa shape index (κ3) is 4.30. The molecule has 0 aliphatic rings. The molecular weight excluding hydrogens is 350 g/mol. The smallest absolute Gasteiger partial charge is 0.257 e. The van der Waals surface area contributed by atoms with Crippen molar-refractivity contribution in [2.45, 2.75) is 30.4 Å². The van der Waals surface area contributed by atoms with E-state index in [2.05, 4.69) is 39.6 Å². The number of rotatable bonds is 7. The van der Waals surface area contributed by atoms with Crippen molar-refractivity contribution in [1.82, 2.24) is 20.4 Å². The Morgan fingerprint density at radius 3 is 2.83 bits per heavy atom. The number of hydrogen-bond donors (Lipinski definition) is 1. The molecule has 122 valence electrons. The van der Waals surface area contributed by atoms with Crippen LogP contribution in [0.2, 0.25) is 0 Å². The van der Waals surface area contributed by atoms with Gasteiger partial charge in [0.25, 0.3) is 5.89 Å². The molecule has 3 heterocycles. The standard InChI is InChI=1S/C14H17N5OS3/c1-8(2)7-15-13-18-19-14(23-13)22-9(3)11-16-17-12(20-11)10-5-4-6-21-10/h4-6,8-9H,7H2,1-3H3,(H,15,18). The van der Waals surface area contributed by atoms with Gasteiger partial charge in [-0.2, -0.15) is 0 Å². The lowest BCUT2D eigenvalue weighted by Crippen LogP contribution is -2.07. The van der Waals surface area contributed by atoms with Crippen LogP contribution in [0.1, 0.15) is 31.9 Å². The van der Waals surface area contributed by atoms with Gasteiger partial charge in [-0.1, -0.05) is 43.0 Å². The van der Waals surface area contributed by atoms with E-state index in [1.165, 1.54) is 0 Å². The van der Waals surface area contributed by atoms with Gasteiger partial charge in [0.2, 0.25) is 11.0 Å². The minimum atomic E-state index is 0.0297. The molecule has 0 fully saturated rings. The van der Waals surface area contributed by atoms with Crippen LogP contribution in [0.25, 0.3) is 10.8 Å².